The van der Waals surface area contributed by atoms with Crippen LogP contribution in [0.25, 0.3) is 16.9 Å². The number of imidazole rings is 1. The third-order valence-corrected chi connectivity index (χ3v) is 7.57. The maximum atomic E-state index is 12.9. The highest BCUT2D eigenvalue weighted by atomic mass is 32.2. The van der Waals surface area contributed by atoms with Gasteiger partial charge in [-0.05, 0) is 24.3 Å². The number of pyridine rings is 1. The van der Waals surface area contributed by atoms with Crippen molar-refractivity contribution in [2.75, 3.05) is 26.2 Å². The molecule has 1 aromatic carbocycles. The first kappa shape index (κ1) is 21.4. The van der Waals surface area contributed by atoms with E-state index in [4.69, 9.17) is 15.1 Å². The fourth-order valence-corrected chi connectivity index (χ4v) is 5.42. The topological polar surface area (TPSA) is 114 Å². The zero-order valence-electron chi connectivity index (χ0n) is 17.8. The van der Waals surface area contributed by atoms with E-state index in [9.17, 15) is 13.2 Å². The Balaban J connectivity index is 1.35. The number of benzene rings is 1. The van der Waals surface area contributed by atoms with Crippen LogP contribution in [0.4, 0.5) is 0 Å². The Morgan fingerprint density at radius 3 is 2.39 bits per heavy atom. The minimum absolute atomic E-state index is 0.173. The van der Waals surface area contributed by atoms with Crippen LogP contribution in [0.3, 0.4) is 0 Å². The maximum Gasteiger partial charge on any atom is 0.284 e. The summed E-state index contributed by atoms with van der Waals surface area (Å²) in [5.41, 5.74) is 9.07. The Bertz CT molecular complexity index is 1400. The van der Waals surface area contributed by atoms with E-state index in [-0.39, 0.29) is 10.9 Å². The van der Waals surface area contributed by atoms with Gasteiger partial charge in [0.1, 0.15) is 5.65 Å². The van der Waals surface area contributed by atoms with Crippen LogP contribution in [0.1, 0.15) is 16.2 Å². The molecule has 0 atom stereocenters. The van der Waals surface area contributed by atoms with Crippen molar-refractivity contribution in [3.05, 3.63) is 78.3 Å². The van der Waals surface area contributed by atoms with E-state index in [0.717, 1.165) is 22.6 Å². The quantitative estimate of drug-likeness (QED) is 0.467. The zero-order valence-corrected chi connectivity index (χ0v) is 18.6. The van der Waals surface area contributed by atoms with Crippen molar-refractivity contribution in [3.63, 3.8) is 0 Å². The lowest BCUT2D eigenvalue weighted by Gasteiger charge is -2.33. The van der Waals surface area contributed by atoms with Gasteiger partial charge in [0, 0.05) is 44.5 Å². The Labute approximate surface area is 191 Å². The Kier molecular flexibility index (Phi) is 5.49. The maximum absolute atomic E-state index is 12.9. The van der Waals surface area contributed by atoms with Crippen molar-refractivity contribution < 1.29 is 17.6 Å². The second-order valence-corrected chi connectivity index (χ2v) is 9.73. The molecule has 5 rings (SSSR count). The molecular weight excluding hydrogens is 442 g/mol. The van der Waals surface area contributed by atoms with Crippen molar-refractivity contribution in [2.24, 2.45) is 5.73 Å². The zero-order chi connectivity index (χ0) is 23.0. The van der Waals surface area contributed by atoms with Gasteiger partial charge in [-0.15, -0.1) is 0 Å². The first-order chi connectivity index (χ1) is 15.9. The van der Waals surface area contributed by atoms with Crippen molar-refractivity contribution in [2.45, 2.75) is 11.6 Å². The Morgan fingerprint density at radius 2 is 1.70 bits per heavy atom. The Hall–Kier alpha value is -3.47. The standard InChI is InChI=1S/C23H23N5O4S/c24-23(29)19-9-10-21(32-19)33(30,31)27-14-12-26(13-15-27)16-18-22(17-6-2-1-3-7-17)25-20-8-4-5-11-28(18)20/h1-11H,12-16H2,(H2,24,29). The van der Waals surface area contributed by atoms with Crippen molar-refractivity contribution in [1.82, 2.24) is 18.6 Å². The van der Waals surface area contributed by atoms with Crippen LogP contribution in [-0.4, -0.2) is 59.1 Å². The molecule has 0 radical (unpaired) electrons. The fourth-order valence-electron chi connectivity index (χ4n) is 4.08. The van der Waals surface area contributed by atoms with Gasteiger partial charge < -0.3 is 14.6 Å². The summed E-state index contributed by atoms with van der Waals surface area (Å²) in [4.78, 5) is 18.3. The van der Waals surface area contributed by atoms with Gasteiger partial charge in [0.25, 0.3) is 15.9 Å². The van der Waals surface area contributed by atoms with Crippen LogP contribution >= 0.6 is 0 Å². The molecule has 0 aliphatic carbocycles. The summed E-state index contributed by atoms with van der Waals surface area (Å²) in [6.45, 7) is 2.36. The van der Waals surface area contributed by atoms with Gasteiger partial charge in [-0.3, -0.25) is 9.69 Å². The summed E-state index contributed by atoms with van der Waals surface area (Å²) in [6, 6.07) is 18.5. The highest BCUT2D eigenvalue weighted by Crippen LogP contribution is 2.27. The number of piperazine rings is 1. The molecular formula is C23H23N5O4S. The number of carbonyl (C=O) groups is 1. The molecule has 1 aliphatic rings. The van der Waals surface area contributed by atoms with Gasteiger partial charge in [-0.2, -0.15) is 4.31 Å². The van der Waals surface area contributed by atoms with Gasteiger partial charge in [0.15, 0.2) is 5.76 Å². The molecule has 0 bridgehead atoms. The van der Waals surface area contributed by atoms with Crippen LogP contribution in [0.5, 0.6) is 0 Å². The Morgan fingerprint density at radius 1 is 0.970 bits per heavy atom. The van der Waals surface area contributed by atoms with Crippen LogP contribution in [-0.2, 0) is 16.6 Å². The van der Waals surface area contributed by atoms with Crippen molar-refractivity contribution in [3.8, 4) is 11.3 Å². The molecule has 4 heterocycles. The number of primary amides is 1. The van der Waals surface area contributed by atoms with E-state index in [0.29, 0.717) is 32.7 Å². The van der Waals surface area contributed by atoms with Crippen LogP contribution in [0.2, 0.25) is 0 Å². The molecule has 1 fully saturated rings. The number of hydrogen-bond donors (Lipinski definition) is 1. The number of sulfonamides is 1. The molecule has 1 aliphatic heterocycles. The number of nitrogens with zero attached hydrogens (tertiary/aromatic N) is 4. The minimum atomic E-state index is -3.83. The van der Waals surface area contributed by atoms with E-state index in [1.807, 2.05) is 54.7 Å². The molecule has 9 nitrogen and oxygen atoms in total. The monoisotopic (exact) mass is 465 g/mol. The predicted octanol–water partition coefficient (Wildman–Crippen LogP) is 2.20. The molecule has 170 valence electrons. The number of nitrogens with two attached hydrogens (primary N) is 1. The summed E-state index contributed by atoms with van der Waals surface area (Å²) in [5, 5.41) is -0.266. The van der Waals surface area contributed by atoms with Crippen molar-refractivity contribution in [1.29, 1.82) is 0 Å². The van der Waals surface area contributed by atoms with E-state index < -0.39 is 15.9 Å². The van der Waals surface area contributed by atoms with E-state index >= 15 is 0 Å². The largest absolute Gasteiger partial charge is 0.438 e. The average Bonchev–Trinajstić information content (AvgIpc) is 3.47. The van der Waals surface area contributed by atoms with Crippen LogP contribution in [0.15, 0.2) is 76.4 Å². The van der Waals surface area contributed by atoms with Gasteiger partial charge in [0.2, 0.25) is 5.09 Å². The molecule has 1 saturated heterocycles. The second kappa shape index (κ2) is 8.47. The third kappa shape index (κ3) is 4.04. The number of rotatable bonds is 6. The smallest absolute Gasteiger partial charge is 0.284 e. The molecule has 10 heteroatoms. The lowest BCUT2D eigenvalue weighted by atomic mass is 10.1. The number of hydrogen-bond acceptors (Lipinski definition) is 6. The summed E-state index contributed by atoms with van der Waals surface area (Å²) < 4.78 is 34.4. The normalized spacial score (nSPS) is 15.8. The first-order valence-corrected chi connectivity index (χ1v) is 12.0. The lowest BCUT2D eigenvalue weighted by molar-refractivity contribution is 0.0968. The summed E-state index contributed by atoms with van der Waals surface area (Å²) in [5.74, 6) is -0.975. The van der Waals surface area contributed by atoms with E-state index in [1.54, 1.807) is 0 Å². The van der Waals surface area contributed by atoms with Gasteiger partial charge >= 0.3 is 0 Å². The average molecular weight is 466 g/mol. The number of amides is 1. The van der Waals surface area contributed by atoms with Crippen molar-refractivity contribution >= 4 is 21.6 Å². The highest BCUT2D eigenvalue weighted by molar-refractivity contribution is 7.89. The fraction of sp³-hybridized carbons (Fsp3) is 0.217. The number of carbonyl (C=O) groups excluding carboxylic acids is 1. The molecule has 4 aromatic rings. The number of aromatic nitrogens is 2. The highest BCUT2D eigenvalue weighted by Gasteiger charge is 2.32. The first-order valence-electron chi connectivity index (χ1n) is 10.6. The summed E-state index contributed by atoms with van der Waals surface area (Å²) in [6.07, 6.45) is 2.00. The van der Waals surface area contributed by atoms with Gasteiger partial charge in [-0.1, -0.05) is 36.4 Å². The molecule has 2 N–H and O–H groups in total. The lowest BCUT2D eigenvalue weighted by Crippen LogP contribution is -2.48. The number of fused-ring (bicyclic) bond motifs is 1. The molecule has 1 amide bonds. The third-order valence-electron chi connectivity index (χ3n) is 5.80. The number of furan rings is 1. The SMILES string of the molecule is NC(=O)c1ccc(S(=O)(=O)N2CCN(Cc3c(-c4ccccc4)nc4ccccn34)CC2)o1. The molecule has 0 unspecified atom stereocenters. The molecule has 3 aromatic heterocycles. The van der Waals surface area contributed by atoms with E-state index in [2.05, 4.69) is 9.30 Å². The molecule has 0 spiro atoms. The summed E-state index contributed by atoms with van der Waals surface area (Å²) in [7, 11) is -3.83. The summed E-state index contributed by atoms with van der Waals surface area (Å²) >= 11 is 0. The predicted molar refractivity (Wildman–Crippen MR) is 122 cm³/mol. The minimum Gasteiger partial charge on any atom is -0.438 e. The van der Waals surface area contributed by atoms with E-state index in [1.165, 1.54) is 16.4 Å². The van der Waals surface area contributed by atoms with Gasteiger partial charge in [-0.25, -0.2) is 13.4 Å². The van der Waals surface area contributed by atoms with Crippen LogP contribution < -0.4 is 5.73 Å². The van der Waals surface area contributed by atoms with Crippen LogP contribution in [0, 0.1) is 0 Å². The molecule has 33 heavy (non-hydrogen) atoms. The molecule has 0 saturated carbocycles. The second-order valence-electron chi connectivity index (χ2n) is 7.87. The van der Waals surface area contributed by atoms with Gasteiger partial charge in [0.05, 0.1) is 11.4 Å².